The molecule has 8 nitrogen and oxygen atoms in total. The van der Waals surface area contributed by atoms with Gasteiger partial charge in [-0.3, -0.25) is 9.69 Å². The highest BCUT2D eigenvalue weighted by Gasteiger charge is 2.25. The summed E-state index contributed by atoms with van der Waals surface area (Å²) in [5, 5.41) is 6.37. The lowest BCUT2D eigenvalue weighted by Crippen LogP contribution is -2.36. The molecule has 0 aliphatic carbocycles. The average molecular weight is 561 g/mol. The third kappa shape index (κ3) is 7.74. The van der Waals surface area contributed by atoms with Gasteiger partial charge in [0.2, 0.25) is 5.91 Å². The number of aromatic nitrogens is 3. The first-order valence-electron chi connectivity index (χ1n) is 11.7. The number of hydrogen-bond acceptors (Lipinski definition) is 7. The second-order valence-electron chi connectivity index (χ2n) is 8.44. The van der Waals surface area contributed by atoms with Gasteiger partial charge in [-0.1, -0.05) is 22.0 Å². The van der Waals surface area contributed by atoms with E-state index in [0.717, 1.165) is 35.9 Å². The summed E-state index contributed by atoms with van der Waals surface area (Å²) in [4.78, 5) is 27.2. The number of nitrogens with one attached hydrogen (secondary N) is 2. The first kappa shape index (κ1) is 26.1. The Kier molecular flexibility index (Phi) is 8.89. The van der Waals surface area contributed by atoms with Gasteiger partial charge in [0.25, 0.3) is 5.92 Å². The molecule has 1 aliphatic rings. The van der Waals surface area contributed by atoms with E-state index in [4.69, 9.17) is 4.74 Å². The fraction of sp³-hybridized carbons (Fsp3) is 0.360. The zero-order chi connectivity index (χ0) is 25.4. The summed E-state index contributed by atoms with van der Waals surface area (Å²) in [6.07, 6.45) is 5.15. The lowest BCUT2D eigenvalue weighted by molar-refractivity contribution is -0.112. The first-order chi connectivity index (χ1) is 17.4. The number of hydrogen-bond donors (Lipinski definition) is 2. The summed E-state index contributed by atoms with van der Waals surface area (Å²) in [6.45, 7) is 3.84. The van der Waals surface area contributed by atoms with Crippen LogP contribution in [-0.2, 0) is 9.53 Å². The van der Waals surface area contributed by atoms with Crippen molar-refractivity contribution in [3.8, 4) is 0 Å². The Bertz CT molecular complexity index is 1220. The van der Waals surface area contributed by atoms with E-state index < -0.39 is 11.8 Å². The minimum atomic E-state index is -3.06. The van der Waals surface area contributed by atoms with Crippen LogP contribution < -0.4 is 10.6 Å². The Morgan fingerprint density at radius 2 is 2.00 bits per heavy atom. The highest BCUT2D eigenvalue weighted by atomic mass is 79.9. The lowest BCUT2D eigenvalue weighted by Gasteiger charge is -2.26. The van der Waals surface area contributed by atoms with Crippen LogP contribution in [0.15, 0.2) is 59.5 Å². The van der Waals surface area contributed by atoms with E-state index in [1.54, 1.807) is 6.07 Å². The molecule has 0 saturated carbocycles. The molecule has 190 valence electrons. The Morgan fingerprint density at radius 1 is 1.17 bits per heavy atom. The number of carbonyl (C=O) groups is 1. The molecule has 36 heavy (non-hydrogen) atoms. The van der Waals surface area contributed by atoms with Crippen molar-refractivity contribution in [2.24, 2.45) is 0 Å². The minimum absolute atomic E-state index is 0.207. The van der Waals surface area contributed by atoms with E-state index in [-0.39, 0.29) is 12.2 Å². The molecule has 0 unspecified atom stereocenters. The number of halogens is 3. The Balaban J connectivity index is 1.33. The summed E-state index contributed by atoms with van der Waals surface area (Å²) in [6, 6.07) is 9.17. The van der Waals surface area contributed by atoms with E-state index in [9.17, 15) is 13.6 Å². The summed E-state index contributed by atoms with van der Waals surface area (Å²) < 4.78 is 34.7. The predicted octanol–water partition coefficient (Wildman–Crippen LogP) is 5.16. The Morgan fingerprint density at radius 3 is 2.81 bits per heavy atom. The molecule has 11 heteroatoms. The molecule has 0 radical (unpaired) electrons. The summed E-state index contributed by atoms with van der Waals surface area (Å²) >= 11 is 3.43. The van der Waals surface area contributed by atoms with Crippen LogP contribution in [0, 0.1) is 0 Å². The van der Waals surface area contributed by atoms with Crippen molar-refractivity contribution in [3.63, 3.8) is 0 Å². The minimum Gasteiger partial charge on any atom is -0.379 e. The number of anilines is 3. The van der Waals surface area contributed by atoms with Crippen LogP contribution in [0.4, 0.5) is 26.1 Å². The molecule has 0 atom stereocenters. The lowest BCUT2D eigenvalue weighted by atomic mass is 10.1. The quantitative estimate of drug-likeness (QED) is 0.261. The van der Waals surface area contributed by atoms with Crippen molar-refractivity contribution < 1.29 is 18.3 Å². The molecule has 1 fully saturated rings. The largest absolute Gasteiger partial charge is 0.379 e. The molecular formula is C25H27BrF2N6O2. The van der Waals surface area contributed by atoms with Crippen LogP contribution in [0.2, 0.25) is 0 Å². The number of morpholine rings is 1. The van der Waals surface area contributed by atoms with Gasteiger partial charge in [0.05, 0.1) is 24.9 Å². The number of fused-ring (bicyclic) bond motifs is 1. The van der Waals surface area contributed by atoms with Gasteiger partial charge < -0.3 is 15.4 Å². The molecule has 1 saturated heterocycles. The van der Waals surface area contributed by atoms with Crippen molar-refractivity contribution in [1.82, 2.24) is 19.9 Å². The number of pyridine rings is 1. The normalized spacial score (nSPS) is 14.9. The van der Waals surface area contributed by atoms with E-state index >= 15 is 0 Å². The number of ether oxygens (including phenoxy) is 1. The number of amides is 1. The molecule has 3 heterocycles. The monoisotopic (exact) mass is 560 g/mol. The maximum absolute atomic E-state index is 14.2. The van der Waals surface area contributed by atoms with Crippen molar-refractivity contribution in [3.05, 3.63) is 59.5 Å². The van der Waals surface area contributed by atoms with Crippen LogP contribution in [0.1, 0.15) is 19.3 Å². The van der Waals surface area contributed by atoms with Crippen LogP contribution >= 0.6 is 15.9 Å². The second-order valence-corrected chi connectivity index (χ2v) is 9.35. The van der Waals surface area contributed by atoms with Gasteiger partial charge >= 0.3 is 0 Å². The smallest absolute Gasteiger partial charge is 0.266 e. The zero-order valence-corrected chi connectivity index (χ0v) is 21.2. The molecule has 3 aromatic rings. The molecule has 0 bridgehead atoms. The van der Waals surface area contributed by atoms with E-state index in [0.29, 0.717) is 48.9 Å². The van der Waals surface area contributed by atoms with E-state index in [1.807, 2.05) is 24.3 Å². The number of nitrogens with zero attached hydrogens (tertiary/aromatic N) is 4. The predicted molar refractivity (Wildman–Crippen MR) is 139 cm³/mol. The van der Waals surface area contributed by atoms with Gasteiger partial charge in [0.15, 0.2) is 0 Å². The average Bonchev–Trinajstić information content (AvgIpc) is 2.87. The van der Waals surface area contributed by atoms with Crippen LogP contribution in [-0.4, -0.2) is 64.5 Å². The second kappa shape index (κ2) is 12.3. The number of benzene rings is 1. The fourth-order valence-electron chi connectivity index (χ4n) is 3.80. The van der Waals surface area contributed by atoms with E-state index in [2.05, 4.69) is 46.4 Å². The number of carbonyl (C=O) groups excluding carboxylic acids is 1. The van der Waals surface area contributed by atoms with Crippen LogP contribution in [0.3, 0.4) is 0 Å². The Hall–Kier alpha value is -3.02. The molecule has 1 amide bonds. The topological polar surface area (TPSA) is 92.3 Å². The summed E-state index contributed by atoms with van der Waals surface area (Å²) in [5.41, 5.74) is 1.38. The Labute approximate surface area is 216 Å². The van der Waals surface area contributed by atoms with E-state index in [1.165, 1.54) is 12.5 Å². The zero-order valence-electron chi connectivity index (χ0n) is 19.6. The third-order valence-electron chi connectivity index (χ3n) is 5.68. The summed E-state index contributed by atoms with van der Waals surface area (Å²) in [7, 11) is 0. The van der Waals surface area contributed by atoms with Crippen LogP contribution in [0.5, 0.6) is 0 Å². The van der Waals surface area contributed by atoms with Gasteiger partial charge in [0, 0.05) is 41.1 Å². The maximum atomic E-state index is 14.2. The van der Waals surface area contributed by atoms with Gasteiger partial charge in [-0.05, 0) is 49.7 Å². The fourth-order valence-corrected chi connectivity index (χ4v) is 4.20. The first-order valence-corrected chi connectivity index (χ1v) is 12.5. The third-order valence-corrected chi connectivity index (χ3v) is 6.17. The number of allylic oxidation sites excluding steroid dienone is 1. The molecule has 1 aromatic carbocycles. The molecule has 1 aliphatic heterocycles. The highest BCUT2D eigenvalue weighted by Crippen LogP contribution is 2.26. The number of alkyl halides is 2. The molecular weight excluding hydrogens is 534 g/mol. The van der Waals surface area contributed by atoms with Crippen molar-refractivity contribution in [2.75, 3.05) is 43.5 Å². The van der Waals surface area contributed by atoms with Gasteiger partial charge in [0.1, 0.15) is 18.0 Å². The molecule has 2 N–H and O–H groups in total. The molecule has 4 rings (SSSR count). The molecule has 0 spiro atoms. The van der Waals surface area contributed by atoms with Crippen molar-refractivity contribution >= 4 is 50.1 Å². The number of unbranched alkanes of at least 4 members (excludes halogenated alkanes) is 1. The summed E-state index contributed by atoms with van der Waals surface area (Å²) in [5.74, 6) is -3.02. The highest BCUT2D eigenvalue weighted by molar-refractivity contribution is 9.10. The van der Waals surface area contributed by atoms with Crippen LogP contribution in [0.25, 0.3) is 10.9 Å². The number of rotatable bonds is 10. The van der Waals surface area contributed by atoms with Gasteiger partial charge in [-0.2, -0.15) is 0 Å². The SMILES string of the molecule is O=C(C=CC(F)(F)CCCCN1CCOCC1)Nc1cc2c(Nc3cccc(Br)c3)ncnc2cn1. The standard InChI is InChI=1S/C25H27BrF2N6O2/c26-18-4-3-5-19(14-18)32-24-20-15-22(29-16-21(20)30-17-31-24)33-23(35)6-8-25(27,28)7-1-2-9-34-10-12-36-13-11-34/h3-6,8,14-17H,1-2,7,9-13H2,(H,29,33,35)(H,30,31,32). The van der Waals surface area contributed by atoms with Crippen molar-refractivity contribution in [1.29, 1.82) is 0 Å². The van der Waals surface area contributed by atoms with Gasteiger partial charge in [-0.15, -0.1) is 0 Å². The van der Waals surface area contributed by atoms with Gasteiger partial charge in [-0.25, -0.2) is 23.7 Å². The van der Waals surface area contributed by atoms with Crippen molar-refractivity contribution in [2.45, 2.75) is 25.2 Å². The maximum Gasteiger partial charge on any atom is 0.266 e. The molecule has 2 aromatic heterocycles.